The topological polar surface area (TPSA) is 46.8 Å². The van der Waals surface area contributed by atoms with Crippen LogP contribution in [0.15, 0.2) is 34.6 Å². The largest absolute Gasteiger partial charge is 0.494 e. The molecule has 1 N–H and O–H groups in total. The van der Waals surface area contributed by atoms with E-state index in [4.69, 9.17) is 9.84 Å². The lowest BCUT2D eigenvalue weighted by molar-refractivity contribution is 0.273. The second-order valence-electron chi connectivity index (χ2n) is 4.07. The van der Waals surface area contributed by atoms with E-state index in [0.29, 0.717) is 13.2 Å². The number of thiazole rings is 1. The van der Waals surface area contributed by atoms with Crippen LogP contribution >= 0.6 is 11.3 Å². The zero-order valence-electron chi connectivity index (χ0n) is 11.2. The fourth-order valence-corrected chi connectivity index (χ4v) is 2.69. The van der Waals surface area contributed by atoms with Crippen molar-refractivity contribution in [2.24, 2.45) is 4.99 Å². The van der Waals surface area contributed by atoms with E-state index in [9.17, 15) is 0 Å². The Hall–Kier alpha value is -1.59. The lowest BCUT2D eigenvalue weighted by atomic mass is 10.3. The summed E-state index contributed by atoms with van der Waals surface area (Å²) in [7, 11) is 0. The second-order valence-corrected chi connectivity index (χ2v) is 4.91. The third-order valence-electron chi connectivity index (χ3n) is 2.69. The van der Waals surface area contributed by atoms with Gasteiger partial charge in [-0.05, 0) is 38.1 Å². The summed E-state index contributed by atoms with van der Waals surface area (Å²) in [5.74, 6) is 0.854. The quantitative estimate of drug-likeness (QED) is 0.913. The fourth-order valence-electron chi connectivity index (χ4n) is 1.77. The van der Waals surface area contributed by atoms with Crippen LogP contribution in [0.2, 0.25) is 0 Å². The molecule has 0 bridgehead atoms. The highest BCUT2D eigenvalue weighted by Gasteiger charge is 2.00. The van der Waals surface area contributed by atoms with Crippen LogP contribution in [-0.4, -0.2) is 22.9 Å². The van der Waals surface area contributed by atoms with Crippen molar-refractivity contribution in [1.29, 1.82) is 0 Å². The molecule has 1 heterocycles. The molecule has 0 aliphatic carbocycles. The molecule has 19 heavy (non-hydrogen) atoms. The van der Waals surface area contributed by atoms with E-state index < -0.39 is 0 Å². The van der Waals surface area contributed by atoms with Crippen molar-refractivity contribution in [3.63, 3.8) is 0 Å². The predicted octanol–water partition coefficient (Wildman–Crippen LogP) is 2.48. The number of aryl methyl sites for hydroxylation is 1. The Balaban J connectivity index is 2.30. The van der Waals surface area contributed by atoms with E-state index in [2.05, 4.69) is 4.99 Å². The molecular weight excluding hydrogens is 260 g/mol. The highest BCUT2D eigenvalue weighted by atomic mass is 32.1. The second kappa shape index (κ2) is 6.54. The van der Waals surface area contributed by atoms with E-state index in [-0.39, 0.29) is 6.61 Å². The van der Waals surface area contributed by atoms with Crippen molar-refractivity contribution in [2.75, 3.05) is 13.2 Å². The Labute approximate surface area is 116 Å². The Bertz CT molecular complexity index is 584. The molecule has 5 heteroatoms. The third kappa shape index (κ3) is 3.45. The Kier molecular flexibility index (Phi) is 4.76. The van der Waals surface area contributed by atoms with Gasteiger partial charge < -0.3 is 14.4 Å². The number of aliphatic hydroxyl groups is 1. The Morgan fingerprint density at radius 2 is 2.05 bits per heavy atom. The fraction of sp³-hybridized carbons (Fsp3) is 0.357. The van der Waals surface area contributed by atoms with Gasteiger partial charge in [-0.1, -0.05) is 0 Å². The number of aliphatic hydroxyl groups excluding tert-OH is 1. The van der Waals surface area contributed by atoms with Gasteiger partial charge in [0, 0.05) is 17.6 Å². The van der Waals surface area contributed by atoms with Crippen molar-refractivity contribution in [2.45, 2.75) is 20.4 Å². The lowest BCUT2D eigenvalue weighted by Gasteiger charge is -2.03. The summed E-state index contributed by atoms with van der Waals surface area (Å²) in [6.45, 7) is 5.34. The van der Waals surface area contributed by atoms with Crippen molar-refractivity contribution < 1.29 is 9.84 Å². The van der Waals surface area contributed by atoms with Gasteiger partial charge in [0.15, 0.2) is 4.80 Å². The number of benzene rings is 1. The monoisotopic (exact) mass is 278 g/mol. The van der Waals surface area contributed by atoms with Crippen LogP contribution in [-0.2, 0) is 6.54 Å². The minimum absolute atomic E-state index is 0.119. The molecule has 2 aromatic rings. The van der Waals surface area contributed by atoms with Crippen LogP contribution < -0.4 is 9.54 Å². The van der Waals surface area contributed by atoms with Gasteiger partial charge in [0.1, 0.15) is 5.75 Å². The number of nitrogens with zero attached hydrogens (tertiary/aromatic N) is 2. The summed E-state index contributed by atoms with van der Waals surface area (Å²) in [4.78, 5) is 5.50. The van der Waals surface area contributed by atoms with Crippen molar-refractivity contribution in [1.82, 2.24) is 4.57 Å². The zero-order valence-corrected chi connectivity index (χ0v) is 12.0. The average Bonchev–Trinajstić information content (AvgIpc) is 2.75. The molecule has 0 aliphatic heterocycles. The first-order valence-electron chi connectivity index (χ1n) is 6.28. The molecule has 0 saturated carbocycles. The maximum absolute atomic E-state index is 9.07. The molecule has 0 radical (unpaired) electrons. The van der Waals surface area contributed by atoms with Gasteiger partial charge >= 0.3 is 0 Å². The molecule has 0 fully saturated rings. The van der Waals surface area contributed by atoms with E-state index in [1.165, 1.54) is 0 Å². The molecule has 0 unspecified atom stereocenters. The SMILES string of the molecule is CCOc1ccc(N=c2scc(C)n2CCO)cc1. The molecule has 102 valence electrons. The van der Waals surface area contributed by atoms with E-state index in [1.54, 1.807) is 11.3 Å². The smallest absolute Gasteiger partial charge is 0.190 e. The van der Waals surface area contributed by atoms with Crippen molar-refractivity contribution in [3.05, 3.63) is 40.1 Å². The van der Waals surface area contributed by atoms with Crippen LogP contribution in [0.5, 0.6) is 5.75 Å². The molecule has 0 atom stereocenters. The molecule has 0 spiro atoms. The first kappa shape index (κ1) is 13.8. The van der Waals surface area contributed by atoms with Gasteiger partial charge in [0.05, 0.1) is 18.9 Å². The normalized spacial score (nSPS) is 11.8. The maximum Gasteiger partial charge on any atom is 0.190 e. The number of aromatic nitrogens is 1. The van der Waals surface area contributed by atoms with Gasteiger partial charge in [0.2, 0.25) is 0 Å². The van der Waals surface area contributed by atoms with Crippen LogP contribution in [0.3, 0.4) is 0 Å². The first-order chi connectivity index (χ1) is 9.24. The summed E-state index contributed by atoms with van der Waals surface area (Å²) >= 11 is 1.58. The highest BCUT2D eigenvalue weighted by Crippen LogP contribution is 2.17. The average molecular weight is 278 g/mol. The van der Waals surface area contributed by atoms with Crippen LogP contribution in [0.4, 0.5) is 5.69 Å². The summed E-state index contributed by atoms with van der Waals surface area (Å²) in [5, 5.41) is 11.1. The van der Waals surface area contributed by atoms with Crippen molar-refractivity contribution in [3.8, 4) is 5.75 Å². The Morgan fingerprint density at radius 3 is 2.68 bits per heavy atom. The van der Waals surface area contributed by atoms with Crippen molar-refractivity contribution >= 4 is 17.0 Å². The minimum Gasteiger partial charge on any atom is -0.494 e. The van der Waals surface area contributed by atoms with Gasteiger partial charge in [-0.15, -0.1) is 11.3 Å². The predicted molar refractivity (Wildman–Crippen MR) is 77.0 cm³/mol. The van der Waals surface area contributed by atoms with Gasteiger partial charge in [-0.3, -0.25) is 0 Å². The standard InChI is InChI=1S/C14H18N2O2S/c1-3-18-13-6-4-12(5-7-13)15-14-16(8-9-17)11(2)10-19-14/h4-7,10,17H,3,8-9H2,1-2H3. The minimum atomic E-state index is 0.119. The summed E-state index contributed by atoms with van der Waals surface area (Å²) in [5.41, 5.74) is 2.00. The summed E-state index contributed by atoms with van der Waals surface area (Å²) in [6, 6.07) is 7.70. The van der Waals surface area contributed by atoms with Crippen LogP contribution in [0.1, 0.15) is 12.6 Å². The van der Waals surface area contributed by atoms with Crippen LogP contribution in [0.25, 0.3) is 0 Å². The highest BCUT2D eigenvalue weighted by molar-refractivity contribution is 7.07. The number of rotatable bonds is 5. The third-order valence-corrected chi connectivity index (χ3v) is 3.67. The molecular formula is C14H18N2O2S. The molecule has 1 aromatic carbocycles. The van der Waals surface area contributed by atoms with Gasteiger partial charge in [-0.2, -0.15) is 0 Å². The van der Waals surface area contributed by atoms with Crippen LogP contribution in [0, 0.1) is 6.92 Å². The lowest BCUT2D eigenvalue weighted by Crippen LogP contribution is -2.17. The van der Waals surface area contributed by atoms with Gasteiger partial charge in [0.25, 0.3) is 0 Å². The Morgan fingerprint density at radius 1 is 1.32 bits per heavy atom. The molecule has 0 saturated heterocycles. The molecule has 0 aliphatic rings. The van der Waals surface area contributed by atoms with E-state index >= 15 is 0 Å². The molecule has 2 rings (SSSR count). The van der Waals surface area contributed by atoms with Gasteiger partial charge in [-0.25, -0.2) is 4.99 Å². The maximum atomic E-state index is 9.07. The first-order valence-corrected chi connectivity index (χ1v) is 7.16. The molecule has 0 amide bonds. The molecule has 1 aromatic heterocycles. The summed E-state index contributed by atoms with van der Waals surface area (Å²) in [6.07, 6.45) is 0. The molecule has 4 nitrogen and oxygen atoms in total. The number of hydrogen-bond donors (Lipinski definition) is 1. The van der Waals surface area contributed by atoms with E-state index in [1.807, 2.05) is 48.1 Å². The summed E-state index contributed by atoms with van der Waals surface area (Å²) < 4.78 is 7.42. The van der Waals surface area contributed by atoms with E-state index in [0.717, 1.165) is 21.9 Å². The number of ether oxygens (including phenoxy) is 1. The number of hydrogen-bond acceptors (Lipinski definition) is 4. The zero-order chi connectivity index (χ0) is 13.7.